The van der Waals surface area contributed by atoms with Crippen LogP contribution in [0.5, 0.6) is 0 Å². The number of carbonyl (C=O) groups excluding carboxylic acids is 6. The molecule has 0 saturated carbocycles. The summed E-state index contributed by atoms with van der Waals surface area (Å²) >= 11 is 0. The Labute approximate surface area is 363 Å². The summed E-state index contributed by atoms with van der Waals surface area (Å²) in [6.45, 7) is 5.19. The first-order valence-electron chi connectivity index (χ1n) is 21.9. The number of H-pyrrole nitrogens is 1. The number of nitrogens with zero attached hydrogens (tertiary/aromatic N) is 3. The van der Waals surface area contributed by atoms with Crippen molar-refractivity contribution in [1.82, 2.24) is 46.4 Å². The molecule has 0 spiro atoms. The van der Waals surface area contributed by atoms with E-state index in [-0.39, 0.29) is 44.1 Å². The molecule has 22 nitrogen and oxygen atoms in total. The minimum absolute atomic E-state index is 0.0499. The Kier molecular flexibility index (Phi) is 21.6. The minimum Gasteiger partial charge on any atom is -0.480 e. The highest BCUT2D eigenvalue weighted by atomic mass is 16.4. The fourth-order valence-corrected chi connectivity index (χ4v) is 7.76. The van der Waals surface area contributed by atoms with Crippen LogP contribution in [0.25, 0.3) is 0 Å². The number of carbonyl (C=O) groups is 7. The van der Waals surface area contributed by atoms with Crippen molar-refractivity contribution in [3.8, 4) is 0 Å². The van der Waals surface area contributed by atoms with E-state index >= 15 is 0 Å². The third-order valence-corrected chi connectivity index (χ3v) is 11.5. The van der Waals surface area contributed by atoms with Crippen LogP contribution in [0, 0.1) is 11.3 Å². The van der Waals surface area contributed by atoms with E-state index in [0.717, 1.165) is 0 Å². The summed E-state index contributed by atoms with van der Waals surface area (Å²) in [5.41, 5.74) is 23.3. The number of guanidine groups is 1. The summed E-state index contributed by atoms with van der Waals surface area (Å²) in [5, 5.41) is 30.7. The molecular formula is C40H70N14O8. The van der Waals surface area contributed by atoms with Crippen LogP contribution >= 0.6 is 0 Å². The van der Waals surface area contributed by atoms with Gasteiger partial charge in [0, 0.05) is 32.3 Å². The molecule has 2 saturated heterocycles. The number of carboxylic acids is 1. The number of aliphatic carboxylic acids is 1. The van der Waals surface area contributed by atoms with E-state index in [2.05, 4.69) is 36.6 Å². The number of rotatable bonds is 27. The van der Waals surface area contributed by atoms with Gasteiger partial charge in [0.1, 0.15) is 36.3 Å². The molecule has 0 aromatic carbocycles. The number of imidazole rings is 1. The summed E-state index contributed by atoms with van der Waals surface area (Å²) in [4.78, 5) is 105. The number of hydrogen-bond donors (Lipinski definition) is 12. The van der Waals surface area contributed by atoms with Gasteiger partial charge in [0.15, 0.2) is 5.96 Å². The zero-order chi connectivity index (χ0) is 45.8. The second kappa shape index (κ2) is 26.2. The molecule has 2 fully saturated rings. The highest BCUT2D eigenvalue weighted by molar-refractivity contribution is 5.97. The van der Waals surface area contributed by atoms with Gasteiger partial charge in [-0.05, 0) is 96.1 Å². The van der Waals surface area contributed by atoms with Crippen LogP contribution in [0.1, 0.15) is 103 Å². The highest BCUT2D eigenvalue weighted by Crippen LogP contribution is 2.22. The number of likely N-dealkylation sites (tertiary alicyclic amines) is 2. The highest BCUT2D eigenvalue weighted by Gasteiger charge is 2.42. The molecule has 2 aliphatic heterocycles. The fourth-order valence-electron chi connectivity index (χ4n) is 7.76. The molecule has 62 heavy (non-hydrogen) atoms. The number of unbranched alkanes of at least 4 members (excludes halogenated alkanes) is 2. The summed E-state index contributed by atoms with van der Waals surface area (Å²) in [5.74, 6) is -5.17. The lowest BCUT2D eigenvalue weighted by Crippen LogP contribution is -2.60. The van der Waals surface area contributed by atoms with Gasteiger partial charge >= 0.3 is 5.97 Å². The van der Waals surface area contributed by atoms with Crippen molar-refractivity contribution in [2.75, 3.05) is 32.7 Å². The predicted octanol–water partition coefficient (Wildman–Crippen LogP) is -2.15. The molecule has 16 N–H and O–H groups in total. The molecule has 2 aliphatic rings. The van der Waals surface area contributed by atoms with Crippen LogP contribution in [-0.4, -0.2) is 147 Å². The SMILES string of the molecule is CC[C@H](C)[C@H](NC(=O)[C@@H]1CCCN1C(=O)[C@H](Cc1c[nH]cn1)NC(=O)[C@H](CCCCN)NC(=O)[C@@H]1CCCN1C(=O)[C@@H](N)CCCNC(=N)N)C(=O)N[C@@H](CCCCN)C(=O)O. The van der Waals surface area contributed by atoms with E-state index in [9.17, 15) is 38.7 Å². The van der Waals surface area contributed by atoms with Crippen molar-refractivity contribution in [2.24, 2.45) is 28.9 Å². The van der Waals surface area contributed by atoms with Crippen LogP contribution in [0.3, 0.4) is 0 Å². The molecule has 1 aromatic heterocycles. The largest absolute Gasteiger partial charge is 0.480 e. The lowest BCUT2D eigenvalue weighted by Gasteiger charge is -2.32. The van der Waals surface area contributed by atoms with Gasteiger partial charge in [-0.3, -0.25) is 34.2 Å². The molecule has 22 heteroatoms. The first-order valence-corrected chi connectivity index (χ1v) is 21.9. The van der Waals surface area contributed by atoms with Gasteiger partial charge in [0.05, 0.1) is 18.1 Å². The van der Waals surface area contributed by atoms with Gasteiger partial charge < -0.3 is 69.4 Å². The molecule has 3 rings (SSSR count). The number of amides is 6. The zero-order valence-corrected chi connectivity index (χ0v) is 36.2. The van der Waals surface area contributed by atoms with Gasteiger partial charge in [0.25, 0.3) is 0 Å². The Morgan fingerprint density at radius 2 is 1.40 bits per heavy atom. The van der Waals surface area contributed by atoms with Crippen molar-refractivity contribution in [3.05, 3.63) is 18.2 Å². The van der Waals surface area contributed by atoms with E-state index in [1.807, 2.05) is 6.92 Å². The van der Waals surface area contributed by atoms with E-state index in [1.54, 1.807) is 13.1 Å². The van der Waals surface area contributed by atoms with Crippen LogP contribution in [-0.2, 0) is 40.0 Å². The Hall–Kier alpha value is -5.35. The number of aromatic amines is 1. The summed E-state index contributed by atoms with van der Waals surface area (Å²) < 4.78 is 0. The molecule has 0 bridgehead atoms. The van der Waals surface area contributed by atoms with Gasteiger partial charge in [-0.15, -0.1) is 0 Å². The van der Waals surface area contributed by atoms with Crippen molar-refractivity contribution >= 4 is 47.4 Å². The number of nitrogens with one attached hydrogen (secondary N) is 7. The molecule has 8 atom stereocenters. The molecule has 6 amide bonds. The molecule has 0 aliphatic carbocycles. The quantitative estimate of drug-likeness (QED) is 0.0255. The molecule has 3 heterocycles. The Morgan fingerprint density at radius 1 is 0.823 bits per heavy atom. The number of aromatic nitrogens is 2. The first-order chi connectivity index (χ1) is 29.6. The second-order valence-electron chi connectivity index (χ2n) is 16.2. The van der Waals surface area contributed by atoms with Crippen LogP contribution in [0.15, 0.2) is 12.5 Å². The lowest BCUT2D eigenvalue weighted by molar-refractivity contribution is -0.144. The molecular weight excluding hydrogens is 805 g/mol. The van der Waals surface area contributed by atoms with Crippen molar-refractivity contribution < 1.29 is 38.7 Å². The first kappa shape index (κ1) is 51.0. The zero-order valence-electron chi connectivity index (χ0n) is 36.2. The lowest BCUT2D eigenvalue weighted by atomic mass is 9.97. The third kappa shape index (κ3) is 15.5. The molecule has 348 valence electrons. The van der Waals surface area contributed by atoms with Crippen LogP contribution < -0.4 is 49.5 Å². The monoisotopic (exact) mass is 875 g/mol. The Morgan fingerprint density at radius 3 is 1.95 bits per heavy atom. The van der Waals surface area contributed by atoms with Crippen LogP contribution in [0.4, 0.5) is 0 Å². The maximum Gasteiger partial charge on any atom is 0.326 e. The third-order valence-electron chi connectivity index (χ3n) is 11.5. The van der Waals surface area contributed by atoms with E-state index in [1.165, 1.54) is 16.1 Å². The number of hydrogen-bond acceptors (Lipinski definition) is 12. The van der Waals surface area contributed by atoms with Crippen LogP contribution in [0.2, 0.25) is 0 Å². The van der Waals surface area contributed by atoms with Crippen molar-refractivity contribution in [3.63, 3.8) is 0 Å². The number of carboxylic acid groups (broad SMARTS) is 1. The predicted molar refractivity (Wildman–Crippen MR) is 230 cm³/mol. The van der Waals surface area contributed by atoms with E-state index < -0.39 is 83.7 Å². The van der Waals surface area contributed by atoms with Gasteiger partial charge in [0.2, 0.25) is 35.4 Å². The average Bonchev–Trinajstić information content (AvgIpc) is 4.06. The fraction of sp³-hybridized carbons (Fsp3) is 0.725. The maximum absolute atomic E-state index is 14.5. The normalized spacial score (nSPS) is 19.0. The minimum atomic E-state index is -1.22. The van der Waals surface area contributed by atoms with Crippen molar-refractivity contribution in [1.29, 1.82) is 5.41 Å². The standard InChI is InChI=1S/C40H70N14O8/c1-3-24(2)32(36(58)50-28(39(61)62)13-5-7-17-42)52-35(57)31-15-10-20-54(31)38(60)29(21-25-22-46-23-48-25)51-33(55)27(12-4-6-16-41)49-34(56)30-14-9-19-53(30)37(59)26(43)11-8-18-47-40(44)45/h22-24,26-32H,3-21,41-43H2,1-2H3,(H,46,48)(H,49,56)(H,50,58)(H,51,55)(H,52,57)(H,61,62)(H4,44,45,47)/t24-,26-,27-,28-,29-,30-,31-,32-/m0/s1. The van der Waals surface area contributed by atoms with E-state index in [0.29, 0.717) is 96.1 Å². The second-order valence-corrected chi connectivity index (χ2v) is 16.2. The smallest absolute Gasteiger partial charge is 0.326 e. The van der Waals surface area contributed by atoms with Gasteiger partial charge in [-0.25, -0.2) is 9.78 Å². The summed E-state index contributed by atoms with van der Waals surface area (Å²) in [6.07, 6.45) is 8.33. The maximum atomic E-state index is 14.5. The van der Waals surface area contributed by atoms with E-state index in [4.69, 9.17) is 28.3 Å². The Balaban J connectivity index is 1.79. The average molecular weight is 875 g/mol. The topological polar surface area (TPSA) is 363 Å². The molecule has 0 radical (unpaired) electrons. The Bertz CT molecular complexity index is 1650. The molecule has 1 aromatic rings. The van der Waals surface area contributed by atoms with Crippen molar-refractivity contribution in [2.45, 2.75) is 146 Å². The molecule has 0 unspecified atom stereocenters. The summed E-state index contributed by atoms with van der Waals surface area (Å²) in [7, 11) is 0. The van der Waals surface area contributed by atoms with Gasteiger partial charge in [-0.2, -0.15) is 0 Å². The number of nitrogens with two attached hydrogens (primary N) is 4. The summed E-state index contributed by atoms with van der Waals surface area (Å²) in [6, 6.07) is -7.33. The van der Waals surface area contributed by atoms with Gasteiger partial charge in [-0.1, -0.05) is 20.3 Å².